The van der Waals surface area contributed by atoms with Crippen LogP contribution in [-0.4, -0.2) is 31.3 Å². The zero-order valence-electron chi connectivity index (χ0n) is 18.3. The summed E-state index contributed by atoms with van der Waals surface area (Å²) in [5.41, 5.74) is 4.57. The Hall–Kier alpha value is -2.53. The molecule has 0 heterocycles. The highest BCUT2D eigenvalue weighted by atomic mass is 16.5. The molecule has 28 heavy (non-hydrogen) atoms. The minimum absolute atomic E-state index is 0.279. The lowest BCUT2D eigenvalue weighted by atomic mass is 10.00. The Labute approximate surface area is 168 Å². The first-order valence-corrected chi connectivity index (χ1v) is 9.60. The smallest absolute Gasteiger partial charge is 0.323 e. The SMILES string of the molecule is CC.CNC(Cc1cc(C)c(Oc2cc(C)c(O)c(C)c2)c(C)c1)C(=O)OC. The number of benzene rings is 2. The Morgan fingerprint density at radius 3 is 1.93 bits per heavy atom. The van der Waals surface area contributed by atoms with Gasteiger partial charge in [-0.05, 0) is 81.1 Å². The Kier molecular flexibility index (Phi) is 9.00. The van der Waals surface area contributed by atoms with Crippen LogP contribution in [-0.2, 0) is 16.0 Å². The standard InChI is InChI=1S/C21H27NO4.C2H6/c1-12-9-17(10-13(2)19(12)23)26-20-14(3)7-16(8-15(20)4)11-18(22-5)21(24)25-6;1-2/h7-10,18,22-23H,11H2,1-6H3;1-2H3. The average molecular weight is 388 g/mol. The molecule has 2 aromatic carbocycles. The number of hydrogen-bond donors (Lipinski definition) is 2. The number of phenolic OH excluding ortho intramolecular Hbond substituents is 1. The van der Waals surface area contributed by atoms with Gasteiger partial charge in [0.2, 0.25) is 0 Å². The maximum absolute atomic E-state index is 11.8. The van der Waals surface area contributed by atoms with E-state index in [1.807, 2.05) is 65.8 Å². The zero-order chi connectivity index (χ0) is 21.4. The van der Waals surface area contributed by atoms with Crippen molar-refractivity contribution in [3.63, 3.8) is 0 Å². The summed E-state index contributed by atoms with van der Waals surface area (Å²) in [6.07, 6.45) is 0.544. The van der Waals surface area contributed by atoms with Crippen molar-refractivity contribution >= 4 is 5.97 Å². The van der Waals surface area contributed by atoms with Crippen LogP contribution in [0.15, 0.2) is 24.3 Å². The minimum Gasteiger partial charge on any atom is -0.507 e. The fraction of sp³-hybridized carbons (Fsp3) is 0.435. The van der Waals surface area contributed by atoms with Gasteiger partial charge in [0.15, 0.2) is 0 Å². The van der Waals surface area contributed by atoms with Crippen molar-refractivity contribution in [1.29, 1.82) is 0 Å². The molecule has 0 saturated carbocycles. The molecule has 0 aliphatic carbocycles. The summed E-state index contributed by atoms with van der Waals surface area (Å²) in [5, 5.41) is 12.9. The fourth-order valence-electron chi connectivity index (χ4n) is 3.09. The minimum atomic E-state index is -0.382. The van der Waals surface area contributed by atoms with Gasteiger partial charge >= 0.3 is 5.97 Å². The summed E-state index contributed by atoms with van der Waals surface area (Å²) in [6.45, 7) is 11.7. The van der Waals surface area contributed by atoms with Crippen LogP contribution in [0, 0.1) is 27.7 Å². The molecule has 5 heteroatoms. The van der Waals surface area contributed by atoms with E-state index in [1.165, 1.54) is 7.11 Å². The van der Waals surface area contributed by atoms with Crippen LogP contribution < -0.4 is 10.1 Å². The molecular weight excluding hydrogens is 354 g/mol. The van der Waals surface area contributed by atoms with E-state index < -0.39 is 0 Å². The van der Waals surface area contributed by atoms with E-state index in [4.69, 9.17) is 9.47 Å². The molecule has 5 nitrogen and oxygen atoms in total. The second-order valence-electron chi connectivity index (χ2n) is 6.64. The second-order valence-corrected chi connectivity index (χ2v) is 6.64. The van der Waals surface area contributed by atoms with Crippen LogP contribution in [0.5, 0.6) is 17.2 Å². The third-order valence-corrected chi connectivity index (χ3v) is 4.48. The maximum Gasteiger partial charge on any atom is 0.323 e. The Morgan fingerprint density at radius 1 is 1.00 bits per heavy atom. The van der Waals surface area contributed by atoms with E-state index >= 15 is 0 Å². The Morgan fingerprint density at radius 2 is 1.50 bits per heavy atom. The first-order valence-electron chi connectivity index (χ1n) is 9.60. The molecule has 2 N–H and O–H groups in total. The molecule has 0 amide bonds. The molecule has 0 spiro atoms. The van der Waals surface area contributed by atoms with Crippen LogP contribution in [0.2, 0.25) is 0 Å². The number of aromatic hydroxyl groups is 1. The van der Waals surface area contributed by atoms with Gasteiger partial charge in [0.1, 0.15) is 23.3 Å². The van der Waals surface area contributed by atoms with Gasteiger partial charge in [-0.3, -0.25) is 4.79 Å². The highest BCUT2D eigenvalue weighted by Gasteiger charge is 2.18. The molecule has 2 rings (SSSR count). The number of likely N-dealkylation sites (N-methyl/N-ethyl adjacent to an activating group) is 1. The molecule has 154 valence electrons. The van der Waals surface area contributed by atoms with Gasteiger partial charge in [-0.25, -0.2) is 0 Å². The van der Waals surface area contributed by atoms with E-state index in [0.29, 0.717) is 17.9 Å². The predicted octanol–water partition coefficient (Wildman–Crippen LogP) is 4.75. The fourth-order valence-corrected chi connectivity index (χ4v) is 3.09. The highest BCUT2D eigenvalue weighted by Crippen LogP contribution is 2.34. The second kappa shape index (κ2) is 10.7. The van der Waals surface area contributed by atoms with Gasteiger partial charge < -0.3 is 19.9 Å². The van der Waals surface area contributed by atoms with Crippen molar-refractivity contribution in [3.8, 4) is 17.2 Å². The van der Waals surface area contributed by atoms with E-state index in [1.54, 1.807) is 7.05 Å². The van der Waals surface area contributed by atoms with Crippen molar-refractivity contribution in [2.75, 3.05) is 14.2 Å². The lowest BCUT2D eigenvalue weighted by Crippen LogP contribution is -2.36. The molecule has 0 saturated heterocycles. The van der Waals surface area contributed by atoms with Crippen molar-refractivity contribution < 1.29 is 19.4 Å². The predicted molar refractivity (Wildman–Crippen MR) is 113 cm³/mol. The number of nitrogens with one attached hydrogen (secondary N) is 1. The number of esters is 1. The molecule has 1 atom stereocenters. The van der Waals surface area contributed by atoms with Crippen LogP contribution >= 0.6 is 0 Å². The number of hydrogen-bond acceptors (Lipinski definition) is 5. The molecule has 0 bridgehead atoms. The van der Waals surface area contributed by atoms with E-state index in [0.717, 1.165) is 33.6 Å². The monoisotopic (exact) mass is 387 g/mol. The number of phenols is 1. The molecule has 0 aromatic heterocycles. The molecular formula is C23H33NO4. The summed E-state index contributed by atoms with van der Waals surface area (Å²) in [7, 11) is 3.13. The van der Waals surface area contributed by atoms with E-state index in [2.05, 4.69) is 5.32 Å². The van der Waals surface area contributed by atoms with E-state index in [9.17, 15) is 9.90 Å². The number of methoxy groups -OCH3 is 1. The maximum atomic E-state index is 11.8. The zero-order valence-corrected chi connectivity index (χ0v) is 18.3. The number of aryl methyl sites for hydroxylation is 4. The Bertz CT molecular complexity index is 768. The van der Waals surface area contributed by atoms with Crippen molar-refractivity contribution in [3.05, 3.63) is 52.1 Å². The van der Waals surface area contributed by atoms with Gasteiger partial charge in [-0.2, -0.15) is 0 Å². The van der Waals surface area contributed by atoms with Gasteiger partial charge in [0.25, 0.3) is 0 Å². The highest BCUT2D eigenvalue weighted by molar-refractivity contribution is 5.76. The van der Waals surface area contributed by atoms with Crippen LogP contribution in [0.1, 0.15) is 41.7 Å². The van der Waals surface area contributed by atoms with Gasteiger partial charge in [-0.15, -0.1) is 0 Å². The van der Waals surface area contributed by atoms with Crippen LogP contribution in [0.3, 0.4) is 0 Å². The normalized spacial score (nSPS) is 11.3. The lowest BCUT2D eigenvalue weighted by molar-refractivity contribution is -0.142. The van der Waals surface area contributed by atoms with Crippen molar-refractivity contribution in [2.24, 2.45) is 0 Å². The summed E-state index contributed by atoms with van der Waals surface area (Å²) in [5.74, 6) is 1.50. The van der Waals surface area contributed by atoms with E-state index in [-0.39, 0.29) is 12.0 Å². The number of rotatable bonds is 6. The molecule has 2 aromatic rings. The summed E-state index contributed by atoms with van der Waals surface area (Å²) < 4.78 is 10.9. The topological polar surface area (TPSA) is 67.8 Å². The molecule has 1 unspecified atom stereocenters. The molecule has 0 aliphatic rings. The summed E-state index contributed by atoms with van der Waals surface area (Å²) in [6, 6.07) is 7.31. The van der Waals surface area contributed by atoms with Crippen molar-refractivity contribution in [2.45, 2.75) is 54.0 Å². The number of carbonyl (C=O) groups is 1. The van der Waals surface area contributed by atoms with Crippen LogP contribution in [0.25, 0.3) is 0 Å². The van der Waals surface area contributed by atoms with Crippen molar-refractivity contribution in [1.82, 2.24) is 5.32 Å². The van der Waals surface area contributed by atoms with Gasteiger partial charge in [0, 0.05) is 0 Å². The molecule has 0 fully saturated rings. The lowest BCUT2D eigenvalue weighted by Gasteiger charge is -2.17. The molecule has 0 radical (unpaired) electrons. The van der Waals surface area contributed by atoms with Gasteiger partial charge in [0.05, 0.1) is 7.11 Å². The number of carbonyl (C=O) groups excluding carboxylic acids is 1. The summed E-state index contributed by atoms with van der Waals surface area (Å²) in [4.78, 5) is 11.8. The third kappa shape index (κ3) is 5.73. The summed E-state index contributed by atoms with van der Waals surface area (Å²) >= 11 is 0. The third-order valence-electron chi connectivity index (χ3n) is 4.48. The van der Waals surface area contributed by atoms with Crippen LogP contribution in [0.4, 0.5) is 0 Å². The number of ether oxygens (including phenoxy) is 2. The first kappa shape index (κ1) is 23.5. The largest absolute Gasteiger partial charge is 0.507 e. The quantitative estimate of drug-likeness (QED) is 0.700. The first-order chi connectivity index (χ1) is 13.3. The van der Waals surface area contributed by atoms with Gasteiger partial charge in [-0.1, -0.05) is 26.0 Å². The molecule has 0 aliphatic heterocycles. The Balaban J connectivity index is 0.00000190. The average Bonchev–Trinajstić information content (AvgIpc) is 2.67.